The number of halogens is 2. The second kappa shape index (κ2) is 11.6. The third-order valence-electron chi connectivity index (χ3n) is 4.59. The van der Waals surface area contributed by atoms with Crippen LogP contribution in [0, 0.1) is 54.1 Å². The molecule has 3 aromatic rings. The number of benzene rings is 3. The van der Waals surface area contributed by atoms with Crippen molar-refractivity contribution in [2.24, 2.45) is 4.99 Å². The molecule has 0 amide bonds. The fraction of sp³-hybridized carbons (Fsp3) is 0.138. The minimum absolute atomic E-state index is 0.206. The molecule has 0 aliphatic carbocycles. The maximum atomic E-state index is 13.9. The highest BCUT2D eigenvalue weighted by Gasteiger charge is 2.09. The maximum absolute atomic E-state index is 13.9. The molecule has 160 valence electrons. The summed E-state index contributed by atoms with van der Waals surface area (Å²) in [4.78, 5) is 3.39. The Hall–Kier alpha value is -4.00. The Labute approximate surface area is 198 Å². The number of hydrogen-bond donors (Lipinski definition) is 0. The minimum atomic E-state index is -0.834. The van der Waals surface area contributed by atoms with E-state index in [1.807, 2.05) is 54.5 Å². The van der Waals surface area contributed by atoms with Gasteiger partial charge in [-0.2, -0.15) is 4.99 Å². The van der Waals surface area contributed by atoms with Gasteiger partial charge in [-0.05, 0) is 85.7 Å². The van der Waals surface area contributed by atoms with E-state index in [4.69, 9.17) is 0 Å². The summed E-state index contributed by atoms with van der Waals surface area (Å²) in [7, 11) is 0. The molecule has 0 aliphatic heterocycles. The summed E-state index contributed by atoms with van der Waals surface area (Å²) >= 11 is 4.40. The van der Waals surface area contributed by atoms with Crippen LogP contribution in [0.3, 0.4) is 0 Å². The predicted octanol–water partition coefficient (Wildman–Crippen LogP) is 6.96. The first kappa shape index (κ1) is 23.7. The van der Waals surface area contributed by atoms with Crippen LogP contribution in [0.4, 0.5) is 14.5 Å². The first-order valence-corrected chi connectivity index (χ1v) is 10.7. The van der Waals surface area contributed by atoms with E-state index in [1.54, 1.807) is 0 Å². The van der Waals surface area contributed by atoms with Gasteiger partial charge in [-0.25, -0.2) is 8.78 Å². The van der Waals surface area contributed by atoms with Crippen LogP contribution in [0.15, 0.2) is 59.6 Å². The fourth-order valence-electron chi connectivity index (χ4n) is 2.88. The van der Waals surface area contributed by atoms with Crippen molar-refractivity contribution in [3.63, 3.8) is 0 Å². The Morgan fingerprint density at radius 2 is 1.33 bits per heavy atom. The molecule has 0 atom stereocenters. The lowest BCUT2D eigenvalue weighted by molar-refractivity contribution is 0.587. The van der Waals surface area contributed by atoms with Gasteiger partial charge in [0.1, 0.15) is 5.69 Å². The van der Waals surface area contributed by atoms with E-state index in [1.165, 1.54) is 0 Å². The van der Waals surface area contributed by atoms with Crippen LogP contribution >= 0.6 is 12.2 Å². The van der Waals surface area contributed by atoms with Crippen molar-refractivity contribution < 1.29 is 8.78 Å². The lowest BCUT2D eigenvalue weighted by Crippen LogP contribution is -1.87. The third-order valence-corrected chi connectivity index (χ3v) is 4.68. The molecule has 0 saturated heterocycles. The molecule has 0 bridgehead atoms. The summed E-state index contributed by atoms with van der Waals surface area (Å²) in [5.41, 5.74) is 4.19. The lowest BCUT2D eigenvalue weighted by Gasteiger charge is -2.00. The molecule has 0 heterocycles. The van der Waals surface area contributed by atoms with Crippen LogP contribution in [-0.2, 0) is 0 Å². The molecule has 0 fully saturated rings. The largest absolute Gasteiger partial charge is 0.204 e. The van der Waals surface area contributed by atoms with Crippen molar-refractivity contribution >= 4 is 23.1 Å². The molecular formula is C29H19F2NS. The fourth-order valence-corrected chi connectivity index (χ4v) is 2.97. The van der Waals surface area contributed by atoms with Crippen molar-refractivity contribution in [2.75, 3.05) is 0 Å². The quantitative estimate of drug-likeness (QED) is 0.233. The van der Waals surface area contributed by atoms with Gasteiger partial charge in [-0.1, -0.05) is 42.4 Å². The van der Waals surface area contributed by atoms with E-state index >= 15 is 0 Å². The molecule has 0 unspecified atom stereocenters. The number of rotatable bonds is 2. The van der Waals surface area contributed by atoms with E-state index in [0.717, 1.165) is 52.8 Å². The second-order valence-corrected chi connectivity index (χ2v) is 7.33. The number of unbranched alkanes of at least 4 members (excludes halogenated alkanes) is 1. The number of aryl methyl sites for hydroxylation is 1. The molecule has 1 nitrogen and oxygen atoms in total. The summed E-state index contributed by atoms with van der Waals surface area (Å²) < 4.78 is 27.9. The third kappa shape index (κ3) is 6.74. The van der Waals surface area contributed by atoms with E-state index < -0.39 is 17.3 Å². The van der Waals surface area contributed by atoms with E-state index in [9.17, 15) is 8.78 Å². The summed E-state index contributed by atoms with van der Waals surface area (Å²) in [6.45, 7) is 4.05. The normalized spacial score (nSPS) is 9.33. The summed E-state index contributed by atoms with van der Waals surface area (Å²) in [6, 6.07) is 15.7. The van der Waals surface area contributed by atoms with E-state index in [-0.39, 0.29) is 5.56 Å². The zero-order valence-electron chi connectivity index (χ0n) is 18.2. The number of isothiocyanates is 1. The van der Waals surface area contributed by atoms with Gasteiger partial charge in [0.2, 0.25) is 0 Å². The van der Waals surface area contributed by atoms with Gasteiger partial charge in [0, 0.05) is 34.2 Å². The number of nitrogens with zero attached hydrogens (tertiary/aromatic N) is 1. The average Bonchev–Trinajstić information content (AvgIpc) is 2.80. The van der Waals surface area contributed by atoms with Gasteiger partial charge in [0.25, 0.3) is 0 Å². The zero-order valence-corrected chi connectivity index (χ0v) is 19.0. The molecule has 4 heteroatoms. The first-order chi connectivity index (χ1) is 16.0. The number of hydrogen-bond acceptors (Lipinski definition) is 2. The molecule has 0 radical (unpaired) electrons. The Morgan fingerprint density at radius 1 is 0.758 bits per heavy atom. The smallest absolute Gasteiger partial charge is 0.153 e. The Bertz CT molecular complexity index is 1390. The van der Waals surface area contributed by atoms with Crippen molar-refractivity contribution in [3.8, 4) is 35.5 Å². The van der Waals surface area contributed by atoms with Crippen LogP contribution in [0.25, 0.3) is 0 Å². The summed E-state index contributed by atoms with van der Waals surface area (Å²) in [5, 5.41) is 1.96. The monoisotopic (exact) mass is 451 g/mol. The topological polar surface area (TPSA) is 12.4 Å². The van der Waals surface area contributed by atoms with Crippen LogP contribution in [0.1, 0.15) is 53.1 Å². The van der Waals surface area contributed by atoms with Gasteiger partial charge in [-0.15, -0.1) is 0 Å². The number of thiocarbonyl (C=S) groups is 1. The minimum Gasteiger partial charge on any atom is -0.204 e. The summed E-state index contributed by atoms with van der Waals surface area (Å²) in [6.07, 6.45) is 1.94. The SMILES string of the molecule is CCCC#Cc1ccc(C#Cc2ccc(C#Cc3cc(F)c(N=C=S)c(F)c3)cc2C)cc1. The molecular weight excluding hydrogens is 432 g/mol. The average molecular weight is 452 g/mol. The van der Waals surface area contributed by atoms with Crippen molar-refractivity contribution in [1.29, 1.82) is 0 Å². The van der Waals surface area contributed by atoms with Gasteiger partial charge in [-0.3, -0.25) is 0 Å². The molecule has 0 spiro atoms. The Balaban J connectivity index is 1.76. The van der Waals surface area contributed by atoms with Crippen LogP contribution < -0.4 is 0 Å². The van der Waals surface area contributed by atoms with Crippen LogP contribution in [0.5, 0.6) is 0 Å². The summed E-state index contributed by atoms with van der Waals surface area (Å²) in [5.74, 6) is 16.6. The van der Waals surface area contributed by atoms with Gasteiger partial charge in [0.15, 0.2) is 11.6 Å². The van der Waals surface area contributed by atoms with Crippen molar-refractivity contribution in [3.05, 3.63) is 99.6 Å². The van der Waals surface area contributed by atoms with Crippen molar-refractivity contribution in [1.82, 2.24) is 0 Å². The Kier molecular flexibility index (Phi) is 8.30. The van der Waals surface area contributed by atoms with Crippen LogP contribution in [-0.4, -0.2) is 5.16 Å². The molecule has 3 aromatic carbocycles. The van der Waals surface area contributed by atoms with Gasteiger partial charge in [0.05, 0.1) is 5.16 Å². The van der Waals surface area contributed by atoms with E-state index in [2.05, 4.69) is 59.7 Å². The number of aliphatic imine (C=N–C) groups is 1. The van der Waals surface area contributed by atoms with Gasteiger partial charge >= 0.3 is 0 Å². The highest BCUT2D eigenvalue weighted by Crippen LogP contribution is 2.23. The molecule has 0 N–H and O–H groups in total. The van der Waals surface area contributed by atoms with Gasteiger partial charge < -0.3 is 0 Å². The zero-order chi connectivity index (χ0) is 23.6. The standard InChI is InChI=1S/C29H19F2NS/c1-3-4-5-6-22-7-9-23(10-8-22)13-15-26-16-14-24(17-21(26)2)11-12-25-18-27(30)29(32-20-33)28(31)19-25/h7-10,14,16-19H,3-4H2,1-2H3. The van der Waals surface area contributed by atoms with Crippen molar-refractivity contribution in [2.45, 2.75) is 26.7 Å². The highest BCUT2D eigenvalue weighted by molar-refractivity contribution is 7.78. The molecule has 0 saturated carbocycles. The Morgan fingerprint density at radius 3 is 1.94 bits per heavy atom. The molecule has 3 rings (SSSR count). The van der Waals surface area contributed by atoms with Crippen LogP contribution in [0.2, 0.25) is 0 Å². The predicted molar refractivity (Wildman–Crippen MR) is 132 cm³/mol. The lowest BCUT2D eigenvalue weighted by atomic mass is 10.0. The highest BCUT2D eigenvalue weighted by atomic mass is 32.1. The molecule has 0 aliphatic rings. The van der Waals surface area contributed by atoms with E-state index in [0.29, 0.717) is 0 Å². The molecule has 33 heavy (non-hydrogen) atoms. The maximum Gasteiger partial charge on any atom is 0.153 e. The second-order valence-electron chi connectivity index (χ2n) is 7.15. The first-order valence-electron chi connectivity index (χ1n) is 10.3. The molecule has 0 aromatic heterocycles.